The molecular weight excluding hydrogens is 338 g/mol. The highest BCUT2D eigenvalue weighted by Gasteiger charge is 2.22. The van der Waals surface area contributed by atoms with E-state index in [0.717, 1.165) is 0 Å². The molecule has 0 aliphatic heterocycles. The Kier molecular flexibility index (Phi) is 4.52. The van der Waals surface area contributed by atoms with Crippen LogP contribution in [0.4, 0.5) is 5.69 Å². The van der Waals surface area contributed by atoms with Gasteiger partial charge in [-0.15, -0.1) is 0 Å². The quantitative estimate of drug-likeness (QED) is 0.633. The smallest absolute Gasteiger partial charge is 0.272 e. The molecule has 0 saturated carbocycles. The van der Waals surface area contributed by atoms with Crippen molar-refractivity contribution in [2.75, 3.05) is 12.4 Å². The van der Waals surface area contributed by atoms with Gasteiger partial charge in [0.2, 0.25) is 0 Å². The third-order valence-electron chi connectivity index (χ3n) is 3.63. The molecular formula is C17H15N5O4. The zero-order valence-corrected chi connectivity index (χ0v) is 13.7. The Morgan fingerprint density at radius 1 is 1.12 bits per heavy atom. The van der Waals surface area contributed by atoms with Crippen molar-refractivity contribution in [3.05, 3.63) is 66.1 Å². The third-order valence-corrected chi connectivity index (χ3v) is 3.63. The molecule has 2 heterocycles. The lowest BCUT2D eigenvalue weighted by molar-refractivity contribution is 0.0937. The molecule has 0 radical (unpaired) electrons. The van der Waals surface area contributed by atoms with E-state index in [9.17, 15) is 14.4 Å². The molecule has 4 N–H and O–H groups in total. The van der Waals surface area contributed by atoms with Crippen LogP contribution in [0.3, 0.4) is 0 Å². The highest BCUT2D eigenvalue weighted by molar-refractivity contribution is 6.05. The number of anilines is 1. The van der Waals surface area contributed by atoms with Crippen LogP contribution in [0.2, 0.25) is 0 Å². The molecule has 9 nitrogen and oxygen atoms in total. The molecule has 2 aromatic heterocycles. The van der Waals surface area contributed by atoms with Crippen LogP contribution in [0.15, 0.2) is 53.6 Å². The van der Waals surface area contributed by atoms with Crippen molar-refractivity contribution in [1.82, 2.24) is 14.9 Å². The standard InChI is InChI=1S/C17H15N5O4/c1-19-17(25)13-14(15(18)23)22(9-20-13)12-4-2-11(3-5-12)21-16(24)10-6-7-26-8-10/h2-9H,1H3,(H2,18,23)(H,19,25)(H,21,24). The number of rotatable bonds is 5. The van der Waals surface area contributed by atoms with Crippen LogP contribution in [0.1, 0.15) is 31.3 Å². The van der Waals surface area contributed by atoms with Gasteiger partial charge in [-0.3, -0.25) is 19.0 Å². The molecule has 0 spiro atoms. The lowest BCUT2D eigenvalue weighted by Gasteiger charge is -2.09. The summed E-state index contributed by atoms with van der Waals surface area (Å²) >= 11 is 0. The van der Waals surface area contributed by atoms with Crippen LogP contribution < -0.4 is 16.4 Å². The second kappa shape index (κ2) is 6.93. The number of imidazole rings is 1. The zero-order chi connectivity index (χ0) is 18.7. The van der Waals surface area contributed by atoms with E-state index in [1.807, 2.05) is 0 Å². The number of benzene rings is 1. The van der Waals surface area contributed by atoms with E-state index in [2.05, 4.69) is 15.6 Å². The fraction of sp³-hybridized carbons (Fsp3) is 0.0588. The van der Waals surface area contributed by atoms with Crippen molar-refractivity contribution < 1.29 is 18.8 Å². The minimum Gasteiger partial charge on any atom is -0.472 e. The molecule has 3 rings (SSSR count). The molecule has 0 fully saturated rings. The minimum atomic E-state index is -0.779. The van der Waals surface area contributed by atoms with Gasteiger partial charge in [0.05, 0.1) is 11.8 Å². The molecule has 0 unspecified atom stereocenters. The molecule has 1 aromatic carbocycles. The highest BCUT2D eigenvalue weighted by atomic mass is 16.3. The van der Waals surface area contributed by atoms with E-state index < -0.39 is 11.8 Å². The first kappa shape index (κ1) is 17.0. The van der Waals surface area contributed by atoms with Crippen LogP contribution in [-0.2, 0) is 0 Å². The maximum absolute atomic E-state index is 12.0. The number of carbonyl (C=O) groups excluding carboxylic acids is 3. The molecule has 0 saturated heterocycles. The van der Waals surface area contributed by atoms with Crippen LogP contribution in [-0.4, -0.2) is 34.3 Å². The minimum absolute atomic E-state index is 0.0282. The van der Waals surface area contributed by atoms with Crippen molar-refractivity contribution in [3.63, 3.8) is 0 Å². The normalized spacial score (nSPS) is 10.3. The summed E-state index contributed by atoms with van der Waals surface area (Å²) in [5.74, 6) is -1.60. The lowest BCUT2D eigenvalue weighted by Crippen LogP contribution is -2.25. The van der Waals surface area contributed by atoms with Crippen LogP contribution in [0, 0.1) is 0 Å². The Morgan fingerprint density at radius 3 is 2.42 bits per heavy atom. The predicted molar refractivity (Wildman–Crippen MR) is 92.1 cm³/mol. The monoisotopic (exact) mass is 353 g/mol. The largest absolute Gasteiger partial charge is 0.472 e. The Bertz CT molecular complexity index is 958. The third kappa shape index (κ3) is 3.18. The summed E-state index contributed by atoms with van der Waals surface area (Å²) in [5, 5.41) is 5.12. The fourth-order valence-electron chi connectivity index (χ4n) is 2.37. The summed E-state index contributed by atoms with van der Waals surface area (Å²) in [6, 6.07) is 8.17. The average Bonchev–Trinajstić information content (AvgIpc) is 3.31. The summed E-state index contributed by atoms with van der Waals surface area (Å²) in [7, 11) is 1.43. The zero-order valence-electron chi connectivity index (χ0n) is 13.7. The molecule has 0 bridgehead atoms. The first-order chi connectivity index (χ1) is 12.5. The second-order valence-corrected chi connectivity index (χ2v) is 5.27. The first-order valence-corrected chi connectivity index (χ1v) is 7.54. The molecule has 132 valence electrons. The number of hydrogen-bond donors (Lipinski definition) is 3. The van der Waals surface area contributed by atoms with Gasteiger partial charge in [0, 0.05) is 18.4 Å². The fourth-order valence-corrected chi connectivity index (χ4v) is 2.37. The number of nitrogens with zero attached hydrogens (tertiary/aromatic N) is 2. The summed E-state index contributed by atoms with van der Waals surface area (Å²) in [5.41, 5.74) is 6.81. The van der Waals surface area contributed by atoms with Gasteiger partial charge < -0.3 is 20.8 Å². The number of aromatic nitrogens is 2. The van der Waals surface area contributed by atoms with Crippen molar-refractivity contribution in [2.45, 2.75) is 0 Å². The topological polar surface area (TPSA) is 132 Å². The Morgan fingerprint density at radius 2 is 1.85 bits per heavy atom. The van der Waals surface area contributed by atoms with Gasteiger partial charge in [-0.2, -0.15) is 0 Å². The van der Waals surface area contributed by atoms with Crippen LogP contribution >= 0.6 is 0 Å². The van der Waals surface area contributed by atoms with Crippen LogP contribution in [0.25, 0.3) is 5.69 Å². The number of furan rings is 1. The number of hydrogen-bond acceptors (Lipinski definition) is 5. The summed E-state index contributed by atoms with van der Waals surface area (Å²) < 4.78 is 6.28. The number of primary amides is 1. The summed E-state index contributed by atoms with van der Waals surface area (Å²) in [4.78, 5) is 39.5. The van der Waals surface area contributed by atoms with E-state index in [4.69, 9.17) is 10.2 Å². The molecule has 0 atom stereocenters. The molecule has 9 heteroatoms. The molecule has 0 aliphatic rings. The number of carbonyl (C=O) groups is 3. The molecule has 0 aliphatic carbocycles. The van der Waals surface area contributed by atoms with Crippen molar-refractivity contribution in [1.29, 1.82) is 0 Å². The van der Waals surface area contributed by atoms with Crippen molar-refractivity contribution >= 4 is 23.4 Å². The molecule has 3 amide bonds. The van der Waals surface area contributed by atoms with Gasteiger partial charge in [-0.05, 0) is 30.3 Å². The van der Waals surface area contributed by atoms with Gasteiger partial charge in [-0.25, -0.2) is 4.98 Å². The molecule has 3 aromatic rings. The van der Waals surface area contributed by atoms with Gasteiger partial charge in [0.1, 0.15) is 18.3 Å². The van der Waals surface area contributed by atoms with E-state index in [1.165, 1.54) is 30.5 Å². The van der Waals surface area contributed by atoms with Gasteiger partial charge >= 0.3 is 0 Å². The Balaban J connectivity index is 1.87. The van der Waals surface area contributed by atoms with Gasteiger partial charge in [0.15, 0.2) is 5.69 Å². The van der Waals surface area contributed by atoms with Gasteiger partial charge in [-0.1, -0.05) is 0 Å². The summed E-state index contributed by atoms with van der Waals surface area (Å²) in [6.07, 6.45) is 4.09. The number of nitrogens with two attached hydrogens (primary N) is 1. The maximum atomic E-state index is 12.0. The van der Waals surface area contributed by atoms with Crippen molar-refractivity contribution in [3.8, 4) is 5.69 Å². The SMILES string of the molecule is CNC(=O)c1ncn(-c2ccc(NC(=O)c3ccoc3)cc2)c1C(N)=O. The maximum Gasteiger partial charge on any atom is 0.272 e. The number of nitrogens with one attached hydrogen (secondary N) is 2. The first-order valence-electron chi connectivity index (χ1n) is 7.54. The second-order valence-electron chi connectivity index (χ2n) is 5.27. The van der Waals surface area contributed by atoms with Gasteiger partial charge in [0.25, 0.3) is 17.7 Å². The van der Waals surface area contributed by atoms with E-state index >= 15 is 0 Å². The Hall–Kier alpha value is -3.88. The van der Waals surface area contributed by atoms with E-state index in [1.54, 1.807) is 30.3 Å². The van der Waals surface area contributed by atoms with Crippen molar-refractivity contribution in [2.24, 2.45) is 5.73 Å². The average molecular weight is 353 g/mol. The predicted octanol–water partition coefficient (Wildman–Crippen LogP) is 1.18. The van der Waals surface area contributed by atoms with E-state index in [0.29, 0.717) is 16.9 Å². The van der Waals surface area contributed by atoms with Crippen LogP contribution in [0.5, 0.6) is 0 Å². The lowest BCUT2D eigenvalue weighted by atomic mass is 10.2. The number of amides is 3. The molecule has 26 heavy (non-hydrogen) atoms. The van der Waals surface area contributed by atoms with E-state index in [-0.39, 0.29) is 17.3 Å². The highest BCUT2D eigenvalue weighted by Crippen LogP contribution is 2.18. The Labute approximate surface area is 147 Å². The summed E-state index contributed by atoms with van der Waals surface area (Å²) in [6.45, 7) is 0.